The number of rotatable bonds is 3. The van der Waals surface area contributed by atoms with Crippen LogP contribution in [0.2, 0.25) is 0 Å². The minimum Gasteiger partial charge on any atom is -0.332 e. The molecule has 0 radical (unpaired) electrons. The molecule has 7 heteroatoms. The molecule has 2 aromatic heterocycles. The van der Waals surface area contributed by atoms with Crippen molar-refractivity contribution in [2.75, 3.05) is 6.54 Å². The van der Waals surface area contributed by atoms with Crippen LogP contribution >= 0.6 is 0 Å². The summed E-state index contributed by atoms with van der Waals surface area (Å²) in [5.74, 6) is -0.117. The van der Waals surface area contributed by atoms with Crippen molar-refractivity contribution < 1.29 is 4.79 Å². The number of piperidine rings is 1. The smallest absolute Gasteiger partial charge is 0.274 e. The van der Waals surface area contributed by atoms with E-state index in [-0.39, 0.29) is 17.5 Å². The predicted molar refractivity (Wildman–Crippen MR) is 85.1 cm³/mol. The molecule has 3 heterocycles. The van der Waals surface area contributed by atoms with Gasteiger partial charge in [-0.1, -0.05) is 0 Å². The van der Waals surface area contributed by atoms with Crippen LogP contribution in [0.1, 0.15) is 35.3 Å². The Balaban J connectivity index is 1.81. The molecule has 0 N–H and O–H groups in total. The van der Waals surface area contributed by atoms with E-state index < -0.39 is 0 Å². The van der Waals surface area contributed by atoms with Crippen molar-refractivity contribution in [3.63, 3.8) is 0 Å². The average molecular weight is 315 g/mol. The number of likely N-dealkylation sites (tertiary alicyclic amines) is 1. The Morgan fingerprint density at radius 1 is 1.35 bits per heavy atom. The molecule has 7 nitrogen and oxygen atoms in total. The number of hydrogen-bond acceptors (Lipinski definition) is 4. The lowest BCUT2D eigenvalue weighted by Crippen LogP contribution is -2.46. The van der Waals surface area contributed by atoms with Crippen LogP contribution < -0.4 is 5.56 Å². The second-order valence-corrected chi connectivity index (χ2v) is 6.07. The number of hydrogen-bond donors (Lipinski definition) is 0. The van der Waals surface area contributed by atoms with E-state index in [1.165, 1.54) is 16.8 Å². The molecule has 1 fully saturated rings. The highest BCUT2D eigenvalue weighted by molar-refractivity contribution is 5.92. The van der Waals surface area contributed by atoms with E-state index in [0.717, 1.165) is 24.8 Å². The highest BCUT2D eigenvalue weighted by Gasteiger charge is 2.29. The number of aryl methyl sites for hydroxylation is 2. The summed E-state index contributed by atoms with van der Waals surface area (Å²) in [5, 5.41) is 8.40. The van der Waals surface area contributed by atoms with Crippen molar-refractivity contribution in [2.24, 2.45) is 7.05 Å². The van der Waals surface area contributed by atoms with Crippen molar-refractivity contribution >= 4 is 5.91 Å². The summed E-state index contributed by atoms with van der Waals surface area (Å²) < 4.78 is 3.09. The normalized spacial score (nSPS) is 18.2. The van der Waals surface area contributed by atoms with E-state index in [2.05, 4.69) is 10.2 Å². The summed E-state index contributed by atoms with van der Waals surface area (Å²) in [5.41, 5.74) is 1.21. The number of aromatic nitrogens is 4. The predicted octanol–water partition coefficient (Wildman–Crippen LogP) is 0.980. The zero-order chi connectivity index (χ0) is 16.4. The van der Waals surface area contributed by atoms with Crippen LogP contribution in [0.5, 0.6) is 0 Å². The third kappa shape index (κ3) is 3.33. The maximum atomic E-state index is 12.8. The topological polar surface area (TPSA) is 73.0 Å². The van der Waals surface area contributed by atoms with Crippen LogP contribution in [0.3, 0.4) is 0 Å². The molecule has 3 rings (SSSR count). The van der Waals surface area contributed by atoms with Gasteiger partial charge in [-0.25, -0.2) is 4.68 Å². The quantitative estimate of drug-likeness (QED) is 0.846. The number of carbonyl (C=O) groups is 1. The van der Waals surface area contributed by atoms with Crippen LogP contribution in [0.15, 0.2) is 29.3 Å². The Morgan fingerprint density at radius 3 is 2.87 bits per heavy atom. The summed E-state index contributed by atoms with van der Waals surface area (Å²) in [7, 11) is 1.55. The Hall–Kier alpha value is -2.44. The van der Waals surface area contributed by atoms with Crippen molar-refractivity contribution in [1.82, 2.24) is 24.5 Å². The largest absolute Gasteiger partial charge is 0.332 e. The molecule has 1 amide bonds. The van der Waals surface area contributed by atoms with Crippen molar-refractivity contribution in [2.45, 2.75) is 38.8 Å². The number of amides is 1. The molecule has 122 valence electrons. The standard InChI is InChI=1S/C16H21N5O2/c1-12-9-17-20(10-12)11-13-5-3-4-8-21(13)16(23)14-6-7-15(22)19(2)18-14/h6-7,9-10,13H,3-5,8,11H2,1-2H3/t13-/m0/s1. The molecule has 1 aliphatic heterocycles. The van der Waals surface area contributed by atoms with Gasteiger partial charge in [-0.15, -0.1) is 0 Å². The monoisotopic (exact) mass is 315 g/mol. The van der Waals surface area contributed by atoms with Gasteiger partial charge in [0.05, 0.1) is 18.8 Å². The summed E-state index contributed by atoms with van der Waals surface area (Å²) in [6.45, 7) is 3.40. The second kappa shape index (κ2) is 6.36. The lowest BCUT2D eigenvalue weighted by molar-refractivity contribution is 0.0575. The van der Waals surface area contributed by atoms with Gasteiger partial charge in [-0.05, 0) is 37.8 Å². The fourth-order valence-corrected chi connectivity index (χ4v) is 3.00. The third-order valence-electron chi connectivity index (χ3n) is 4.23. The van der Waals surface area contributed by atoms with Crippen LogP contribution in [-0.4, -0.2) is 43.0 Å². The number of nitrogens with zero attached hydrogens (tertiary/aromatic N) is 5. The van der Waals surface area contributed by atoms with Gasteiger partial charge >= 0.3 is 0 Å². The van der Waals surface area contributed by atoms with E-state index in [4.69, 9.17) is 0 Å². The van der Waals surface area contributed by atoms with Crippen molar-refractivity contribution in [1.29, 1.82) is 0 Å². The van der Waals surface area contributed by atoms with Gasteiger partial charge in [0, 0.05) is 25.9 Å². The Kier molecular flexibility index (Phi) is 4.27. The molecule has 0 saturated carbocycles. The summed E-state index contributed by atoms with van der Waals surface area (Å²) in [6.07, 6.45) is 6.86. The molecule has 0 aliphatic carbocycles. The molecule has 0 bridgehead atoms. The number of carbonyl (C=O) groups excluding carboxylic acids is 1. The molecular formula is C16H21N5O2. The fourth-order valence-electron chi connectivity index (χ4n) is 3.00. The van der Waals surface area contributed by atoms with Gasteiger partial charge in [0.2, 0.25) is 0 Å². The Labute approximate surface area is 134 Å². The van der Waals surface area contributed by atoms with Crippen molar-refractivity contribution in [3.8, 4) is 0 Å². The van der Waals surface area contributed by atoms with Crippen LogP contribution in [0.4, 0.5) is 0 Å². The third-order valence-corrected chi connectivity index (χ3v) is 4.23. The first-order valence-electron chi connectivity index (χ1n) is 7.89. The molecule has 23 heavy (non-hydrogen) atoms. The summed E-state index contributed by atoms with van der Waals surface area (Å²) in [6, 6.07) is 3.00. The first-order chi connectivity index (χ1) is 11.0. The van der Waals surface area contributed by atoms with E-state index >= 15 is 0 Å². The summed E-state index contributed by atoms with van der Waals surface area (Å²) in [4.78, 5) is 26.1. The maximum absolute atomic E-state index is 12.8. The van der Waals surface area contributed by atoms with Crippen molar-refractivity contribution in [3.05, 3.63) is 46.1 Å². The van der Waals surface area contributed by atoms with Gasteiger partial charge in [-0.3, -0.25) is 14.3 Å². The first kappa shape index (κ1) is 15.5. The van der Waals surface area contributed by atoms with Crippen LogP contribution in [0.25, 0.3) is 0 Å². The zero-order valence-corrected chi connectivity index (χ0v) is 13.5. The molecule has 0 spiro atoms. The highest BCUT2D eigenvalue weighted by Crippen LogP contribution is 2.20. The second-order valence-electron chi connectivity index (χ2n) is 6.07. The van der Waals surface area contributed by atoms with E-state index in [9.17, 15) is 9.59 Å². The molecule has 1 aliphatic rings. The maximum Gasteiger partial charge on any atom is 0.274 e. The van der Waals surface area contributed by atoms with Gasteiger partial charge in [0.25, 0.3) is 11.5 Å². The van der Waals surface area contributed by atoms with Gasteiger partial charge < -0.3 is 4.90 Å². The van der Waals surface area contributed by atoms with Crippen LogP contribution in [-0.2, 0) is 13.6 Å². The first-order valence-corrected chi connectivity index (χ1v) is 7.89. The molecular weight excluding hydrogens is 294 g/mol. The van der Waals surface area contributed by atoms with E-state index in [0.29, 0.717) is 18.8 Å². The molecule has 2 aromatic rings. The SMILES string of the molecule is Cc1cnn(C[C@@H]2CCCCN2C(=O)c2ccc(=O)n(C)n2)c1. The fraction of sp³-hybridized carbons (Fsp3) is 0.500. The zero-order valence-electron chi connectivity index (χ0n) is 13.5. The van der Waals surface area contributed by atoms with Crippen LogP contribution in [0, 0.1) is 6.92 Å². The molecule has 0 aromatic carbocycles. The molecule has 1 saturated heterocycles. The minimum absolute atomic E-state index is 0.106. The molecule has 0 unspecified atom stereocenters. The van der Waals surface area contributed by atoms with E-state index in [1.54, 1.807) is 7.05 Å². The molecule has 1 atom stereocenters. The lowest BCUT2D eigenvalue weighted by Gasteiger charge is -2.35. The summed E-state index contributed by atoms with van der Waals surface area (Å²) >= 11 is 0. The Morgan fingerprint density at radius 2 is 2.17 bits per heavy atom. The van der Waals surface area contributed by atoms with Gasteiger partial charge in [0.15, 0.2) is 0 Å². The lowest BCUT2D eigenvalue weighted by atomic mass is 10.0. The minimum atomic E-state index is -0.219. The van der Waals surface area contributed by atoms with Gasteiger partial charge in [-0.2, -0.15) is 10.2 Å². The Bertz CT molecular complexity index is 764. The van der Waals surface area contributed by atoms with Gasteiger partial charge in [0.1, 0.15) is 5.69 Å². The van der Waals surface area contributed by atoms with E-state index in [1.807, 2.05) is 28.9 Å². The average Bonchev–Trinajstić information content (AvgIpc) is 2.95. The highest BCUT2D eigenvalue weighted by atomic mass is 16.2.